The molecule has 1 amide bonds. The summed E-state index contributed by atoms with van der Waals surface area (Å²) in [6.07, 6.45) is 1.63. The van der Waals surface area contributed by atoms with Gasteiger partial charge >= 0.3 is 12.1 Å². The van der Waals surface area contributed by atoms with Gasteiger partial charge in [-0.3, -0.25) is 4.79 Å². The lowest BCUT2D eigenvalue weighted by Crippen LogP contribution is -2.45. The largest absolute Gasteiger partial charge is 0.471 e. The highest BCUT2D eigenvalue weighted by Crippen LogP contribution is 2.32. The summed E-state index contributed by atoms with van der Waals surface area (Å²) in [6, 6.07) is 1.34. The lowest BCUT2D eigenvalue weighted by Gasteiger charge is -2.35. The number of H-pyrrole nitrogens is 1. The smallest absolute Gasteiger partial charge is 0.356 e. The van der Waals surface area contributed by atoms with Gasteiger partial charge in [0.2, 0.25) is 10.0 Å². The van der Waals surface area contributed by atoms with Gasteiger partial charge in [-0.25, -0.2) is 18.4 Å². The van der Waals surface area contributed by atoms with Crippen LogP contribution in [0.2, 0.25) is 0 Å². The molecule has 9 nitrogen and oxygen atoms in total. The number of fused-ring (bicyclic) bond motifs is 1. The fourth-order valence-corrected chi connectivity index (χ4v) is 6.71. The van der Waals surface area contributed by atoms with E-state index in [1.54, 1.807) is 0 Å². The fourth-order valence-electron chi connectivity index (χ4n) is 4.78. The molecule has 13 heteroatoms. The van der Waals surface area contributed by atoms with Gasteiger partial charge in [-0.2, -0.15) is 17.5 Å². The molecule has 1 aliphatic heterocycles. The number of hydrogen-bond donors (Lipinski definition) is 2. The van der Waals surface area contributed by atoms with Crippen LogP contribution in [0.3, 0.4) is 0 Å². The van der Waals surface area contributed by atoms with Gasteiger partial charge in [-0.15, -0.1) is 0 Å². The first-order chi connectivity index (χ1) is 15.5. The molecule has 1 atom stereocenters. The third-order valence-electron chi connectivity index (χ3n) is 6.61. The zero-order chi connectivity index (χ0) is 23.8. The number of aromatic nitrogens is 3. The summed E-state index contributed by atoms with van der Waals surface area (Å²) in [7, 11) is -1.63. The molecule has 1 saturated carbocycles. The van der Waals surface area contributed by atoms with Gasteiger partial charge in [-0.1, -0.05) is 0 Å². The topological polar surface area (TPSA) is 111 Å². The lowest BCUT2D eigenvalue weighted by molar-refractivity contribution is -0.174. The summed E-state index contributed by atoms with van der Waals surface area (Å²) < 4.78 is 64.2. The Morgan fingerprint density at radius 1 is 1.24 bits per heavy atom. The summed E-state index contributed by atoms with van der Waals surface area (Å²) in [5, 5.41) is 2.82. The van der Waals surface area contributed by atoms with Gasteiger partial charge in [0.25, 0.3) is 0 Å². The molecular weight excluding hydrogens is 461 g/mol. The summed E-state index contributed by atoms with van der Waals surface area (Å²) in [5.74, 6) is -1.24. The van der Waals surface area contributed by atoms with Crippen LogP contribution in [0.4, 0.5) is 19.0 Å². The van der Waals surface area contributed by atoms with E-state index in [-0.39, 0.29) is 37.2 Å². The van der Waals surface area contributed by atoms with Crippen molar-refractivity contribution in [2.45, 2.75) is 50.4 Å². The van der Waals surface area contributed by atoms with Crippen LogP contribution in [0.5, 0.6) is 0 Å². The molecule has 1 aliphatic carbocycles. The Morgan fingerprint density at radius 2 is 1.97 bits per heavy atom. The second kappa shape index (κ2) is 9.09. The first kappa shape index (κ1) is 23.7. The van der Waals surface area contributed by atoms with Crippen LogP contribution in [0.15, 0.2) is 18.6 Å². The highest BCUT2D eigenvalue weighted by molar-refractivity contribution is 7.89. The van der Waals surface area contributed by atoms with Crippen LogP contribution >= 0.6 is 0 Å². The molecule has 4 rings (SSSR count). The number of carbonyl (C=O) groups excluding carboxylic acids is 1. The zero-order valence-electron chi connectivity index (χ0n) is 18.2. The van der Waals surface area contributed by atoms with Crippen molar-refractivity contribution in [2.24, 2.45) is 5.92 Å². The lowest BCUT2D eigenvalue weighted by atomic mass is 9.86. The molecule has 2 aliphatic rings. The molecule has 0 radical (unpaired) electrons. The van der Waals surface area contributed by atoms with Crippen molar-refractivity contribution in [1.29, 1.82) is 0 Å². The SMILES string of the molecule is CN(c1ncnc2[nH]ccc12)C1CCC(CS(=O)(=O)N2CC[C@H](NC(=O)C(F)(F)F)C2)CC1. The first-order valence-corrected chi connectivity index (χ1v) is 12.5. The number of aromatic amines is 1. The Balaban J connectivity index is 1.30. The molecule has 2 fully saturated rings. The van der Waals surface area contributed by atoms with E-state index in [2.05, 4.69) is 19.9 Å². The Labute approximate surface area is 189 Å². The van der Waals surface area contributed by atoms with Crippen molar-refractivity contribution in [3.63, 3.8) is 0 Å². The second-order valence-electron chi connectivity index (χ2n) is 8.82. The molecule has 0 spiro atoms. The number of anilines is 1. The molecule has 2 aromatic heterocycles. The Hall–Kier alpha value is -2.41. The third kappa shape index (κ3) is 5.24. The molecule has 3 heterocycles. The van der Waals surface area contributed by atoms with Crippen LogP contribution in [-0.2, 0) is 14.8 Å². The number of sulfonamides is 1. The normalized spacial score (nSPS) is 24.8. The van der Waals surface area contributed by atoms with E-state index in [4.69, 9.17) is 0 Å². The number of nitrogens with one attached hydrogen (secondary N) is 2. The molecule has 0 bridgehead atoms. The number of alkyl halides is 3. The molecular formula is C20H27F3N6O3S. The van der Waals surface area contributed by atoms with Gasteiger partial charge in [0.15, 0.2) is 0 Å². The van der Waals surface area contributed by atoms with E-state index in [0.717, 1.165) is 42.5 Å². The molecule has 0 aromatic carbocycles. The van der Waals surface area contributed by atoms with Gasteiger partial charge in [-0.05, 0) is 44.1 Å². The van der Waals surface area contributed by atoms with Gasteiger partial charge in [0, 0.05) is 38.4 Å². The van der Waals surface area contributed by atoms with E-state index >= 15 is 0 Å². The Morgan fingerprint density at radius 3 is 2.67 bits per heavy atom. The van der Waals surface area contributed by atoms with Crippen LogP contribution < -0.4 is 10.2 Å². The Kier molecular flexibility index (Phi) is 6.54. The maximum atomic E-state index is 12.8. The number of rotatable bonds is 6. The second-order valence-corrected chi connectivity index (χ2v) is 10.8. The monoisotopic (exact) mass is 488 g/mol. The number of hydrogen-bond acceptors (Lipinski definition) is 6. The van der Waals surface area contributed by atoms with Crippen molar-refractivity contribution >= 4 is 32.8 Å². The maximum Gasteiger partial charge on any atom is 0.471 e. The first-order valence-electron chi connectivity index (χ1n) is 10.9. The van der Waals surface area contributed by atoms with E-state index in [0.29, 0.717) is 0 Å². The summed E-state index contributed by atoms with van der Waals surface area (Å²) in [6.45, 7) is -0.00773. The number of amides is 1. The molecule has 2 N–H and O–H groups in total. The van der Waals surface area contributed by atoms with E-state index in [1.165, 1.54) is 10.6 Å². The van der Waals surface area contributed by atoms with Crippen LogP contribution in [-0.4, -0.2) is 77.7 Å². The predicted octanol–water partition coefficient (Wildman–Crippen LogP) is 2.04. The fraction of sp³-hybridized carbons (Fsp3) is 0.650. The maximum absolute atomic E-state index is 12.8. The zero-order valence-corrected chi connectivity index (χ0v) is 19.0. The minimum atomic E-state index is -4.98. The summed E-state index contributed by atoms with van der Waals surface area (Å²) >= 11 is 0. The minimum Gasteiger partial charge on any atom is -0.356 e. The molecule has 2 aromatic rings. The summed E-state index contributed by atoms with van der Waals surface area (Å²) in [5.41, 5.74) is 0.766. The van der Waals surface area contributed by atoms with Crippen molar-refractivity contribution in [2.75, 3.05) is 30.8 Å². The van der Waals surface area contributed by atoms with E-state index in [9.17, 15) is 26.4 Å². The standard InChI is InChI=1S/C20H27F3N6O3S/c1-28(18-16-6-8-24-17(16)25-12-26-18)15-4-2-13(3-5-15)11-33(31,32)29-9-7-14(10-29)27-19(30)20(21,22)23/h6,8,12-15H,2-5,7,9-11H2,1H3,(H,27,30)(H,24,25,26)/t13?,14-,15?/m0/s1. The van der Waals surface area contributed by atoms with Crippen molar-refractivity contribution in [1.82, 2.24) is 24.6 Å². The molecule has 1 saturated heterocycles. The summed E-state index contributed by atoms with van der Waals surface area (Å²) in [4.78, 5) is 24.9. The third-order valence-corrected chi connectivity index (χ3v) is 8.63. The number of halogens is 3. The van der Waals surface area contributed by atoms with Crippen LogP contribution in [0, 0.1) is 5.92 Å². The average Bonchev–Trinajstić information content (AvgIpc) is 3.42. The minimum absolute atomic E-state index is 0.0128. The predicted molar refractivity (Wildman–Crippen MR) is 116 cm³/mol. The molecule has 182 valence electrons. The highest BCUT2D eigenvalue weighted by atomic mass is 32.2. The van der Waals surface area contributed by atoms with Crippen molar-refractivity contribution in [3.8, 4) is 0 Å². The van der Waals surface area contributed by atoms with Gasteiger partial charge in [0.1, 0.15) is 17.8 Å². The van der Waals surface area contributed by atoms with Gasteiger partial charge < -0.3 is 15.2 Å². The van der Waals surface area contributed by atoms with Crippen molar-refractivity contribution < 1.29 is 26.4 Å². The average molecular weight is 489 g/mol. The quantitative estimate of drug-likeness (QED) is 0.644. The van der Waals surface area contributed by atoms with E-state index < -0.39 is 28.1 Å². The molecule has 33 heavy (non-hydrogen) atoms. The van der Waals surface area contributed by atoms with E-state index in [1.807, 2.05) is 24.6 Å². The highest BCUT2D eigenvalue weighted by Gasteiger charge is 2.42. The molecule has 0 unspecified atom stereocenters. The number of carbonyl (C=O) groups is 1. The Bertz CT molecular complexity index is 1100. The van der Waals surface area contributed by atoms with Crippen LogP contribution in [0.1, 0.15) is 32.1 Å². The van der Waals surface area contributed by atoms with Crippen molar-refractivity contribution in [3.05, 3.63) is 18.6 Å². The number of nitrogens with zero attached hydrogens (tertiary/aromatic N) is 4. The van der Waals surface area contributed by atoms with Crippen LogP contribution in [0.25, 0.3) is 11.0 Å². The van der Waals surface area contributed by atoms with Gasteiger partial charge in [0.05, 0.1) is 11.1 Å².